The second kappa shape index (κ2) is 18.7. The van der Waals surface area contributed by atoms with Gasteiger partial charge in [-0.05, 0) is 172 Å². The third-order valence-electron chi connectivity index (χ3n) is 21.0. The molecule has 0 unspecified atom stereocenters. The van der Waals surface area contributed by atoms with Gasteiger partial charge in [0.2, 0.25) is 0 Å². The van der Waals surface area contributed by atoms with E-state index in [1.807, 2.05) is 0 Å². The lowest BCUT2D eigenvalue weighted by Gasteiger charge is -2.35. The first-order valence-corrected chi connectivity index (χ1v) is 31.4. The highest BCUT2D eigenvalue weighted by Gasteiger charge is 2.41. The highest BCUT2D eigenvalue weighted by Crippen LogP contribution is 2.59. The molecule has 17 rings (SSSR count). The van der Waals surface area contributed by atoms with E-state index in [-0.39, 0.29) is 21.7 Å². The van der Waals surface area contributed by atoms with Crippen molar-refractivity contribution in [2.24, 2.45) is 0 Å². The van der Waals surface area contributed by atoms with Gasteiger partial charge in [-0.2, -0.15) is 0 Å². The Morgan fingerprint density at radius 1 is 0.193 bits per heavy atom. The van der Waals surface area contributed by atoms with Crippen molar-refractivity contribution < 1.29 is 0 Å². The molecule has 88 heavy (non-hydrogen) atoms. The Kier molecular flexibility index (Phi) is 11.1. The summed E-state index contributed by atoms with van der Waals surface area (Å²) in [4.78, 5) is 5.28. The van der Waals surface area contributed by atoms with Gasteiger partial charge in [0.05, 0.1) is 11.4 Å². The second-order valence-electron chi connectivity index (χ2n) is 27.2. The molecule has 0 saturated carbocycles. The van der Waals surface area contributed by atoms with E-state index in [9.17, 15) is 0 Å². The van der Waals surface area contributed by atoms with E-state index in [2.05, 4.69) is 332 Å². The molecular formula is C86H68N2. The molecule has 0 heterocycles. The lowest BCUT2D eigenvalue weighted by molar-refractivity contribution is 0.659. The molecule has 422 valence electrons. The zero-order chi connectivity index (χ0) is 59.6. The summed E-state index contributed by atoms with van der Waals surface area (Å²) in [6.07, 6.45) is 0. The van der Waals surface area contributed by atoms with Gasteiger partial charge in [0.15, 0.2) is 0 Å². The number of nitrogens with zero attached hydrogens (tertiary/aromatic N) is 2. The van der Waals surface area contributed by atoms with Crippen molar-refractivity contribution in [3.8, 4) is 66.8 Å². The summed E-state index contributed by atoms with van der Waals surface area (Å²) < 4.78 is 0. The molecule has 0 spiro atoms. The minimum atomic E-state index is -0.230. The molecule has 2 heteroatoms. The van der Waals surface area contributed by atoms with Crippen LogP contribution in [-0.4, -0.2) is 0 Å². The topological polar surface area (TPSA) is 6.48 Å². The fraction of sp³-hybridized carbons (Fsp3) is 0.140. The van der Waals surface area contributed by atoms with Crippen LogP contribution in [-0.2, 0) is 21.7 Å². The van der Waals surface area contributed by atoms with Crippen molar-refractivity contribution in [1.82, 2.24) is 0 Å². The Morgan fingerprint density at radius 2 is 0.443 bits per heavy atom. The summed E-state index contributed by atoms with van der Waals surface area (Å²) in [6, 6.07) is 102. The quantitative estimate of drug-likeness (QED) is 0.111. The fourth-order valence-corrected chi connectivity index (χ4v) is 16.4. The van der Waals surface area contributed by atoms with Crippen molar-refractivity contribution >= 4 is 55.7 Å². The molecule has 0 N–H and O–H groups in total. The highest BCUT2D eigenvalue weighted by atomic mass is 15.2. The van der Waals surface area contributed by atoms with E-state index in [4.69, 9.17) is 0 Å². The summed E-state index contributed by atoms with van der Waals surface area (Å²) in [5.41, 5.74) is 31.8. The molecule has 0 aliphatic heterocycles. The monoisotopic (exact) mass is 1130 g/mol. The number of fused-ring (bicyclic) bond motifs is 14. The number of benzene rings is 13. The van der Waals surface area contributed by atoms with Gasteiger partial charge in [-0.3, -0.25) is 0 Å². The van der Waals surface area contributed by atoms with Gasteiger partial charge >= 0.3 is 0 Å². The number of rotatable bonds is 8. The smallest absolute Gasteiger partial charge is 0.0620 e. The molecule has 0 aromatic heterocycles. The molecule has 0 amide bonds. The van der Waals surface area contributed by atoms with E-state index >= 15 is 0 Å². The zero-order valence-electron chi connectivity index (χ0n) is 51.3. The number of hydrogen-bond donors (Lipinski definition) is 0. The summed E-state index contributed by atoms with van der Waals surface area (Å²) in [7, 11) is 0. The van der Waals surface area contributed by atoms with Crippen LogP contribution < -0.4 is 9.80 Å². The molecule has 0 saturated heterocycles. The van der Waals surface area contributed by atoms with Gasteiger partial charge in [0, 0.05) is 66.0 Å². The molecule has 2 nitrogen and oxygen atoms in total. The van der Waals surface area contributed by atoms with Gasteiger partial charge in [-0.25, -0.2) is 0 Å². The standard InChI is InChI=1S/C86H68N2/c1-83(2)73-31-19-15-27-61(73)65-43-37-57(49-77(65)83)87(58-38-44-66-62-28-16-20-32-74(62)84(3,4)78(66)50-58)81-69-41-35-56(54-25-13-10-14-26-54)48-72(69)82(70-42-36-55(47-71(70)81)53-23-11-9-12-24-53)88(59-39-45-67-63-29-17-21-33-75(63)85(5,6)79(67)51-59)60-40-46-68-64-30-18-22-34-76(64)86(7,8)80(68)52-60/h9-52H,1-8H3. The van der Waals surface area contributed by atoms with Crippen LogP contribution in [0, 0.1) is 0 Å². The molecule has 4 aliphatic rings. The minimum absolute atomic E-state index is 0.230. The molecule has 0 radical (unpaired) electrons. The van der Waals surface area contributed by atoms with E-state index in [1.54, 1.807) is 0 Å². The first-order valence-electron chi connectivity index (χ1n) is 31.4. The molecule has 0 bridgehead atoms. The first-order chi connectivity index (χ1) is 42.7. The summed E-state index contributed by atoms with van der Waals surface area (Å²) in [6.45, 7) is 19.3. The van der Waals surface area contributed by atoms with Gasteiger partial charge in [0.1, 0.15) is 0 Å². The average Bonchev–Trinajstić information content (AvgIpc) is 1.06. The Morgan fingerprint density at radius 3 is 0.727 bits per heavy atom. The maximum Gasteiger partial charge on any atom is 0.0620 e. The molecule has 13 aromatic rings. The SMILES string of the molecule is CC1(C)c2ccccc2-c2ccc(N(c3ccc4c(c3)C(C)(C)c3ccccc3-4)c3c4ccc(-c5ccccc5)cc4c(N(c4ccc5c(c4)C(C)(C)c4ccccc4-5)c4ccc5c(c4)C(C)(C)c4ccccc4-5)c4ccc(-c5ccccc5)cc34)cc21. The van der Waals surface area contributed by atoms with Gasteiger partial charge < -0.3 is 9.80 Å². The predicted octanol–water partition coefficient (Wildman–Crippen LogP) is 23.5. The van der Waals surface area contributed by atoms with E-state index in [0.29, 0.717) is 0 Å². The summed E-state index contributed by atoms with van der Waals surface area (Å²) in [5, 5.41) is 4.64. The minimum Gasteiger partial charge on any atom is -0.309 e. The second-order valence-corrected chi connectivity index (χ2v) is 27.2. The Labute approximate surface area is 517 Å². The van der Waals surface area contributed by atoms with Crippen LogP contribution in [0.15, 0.2) is 267 Å². The van der Waals surface area contributed by atoms with Gasteiger partial charge in [-0.15, -0.1) is 0 Å². The van der Waals surface area contributed by atoms with Gasteiger partial charge in [-0.1, -0.05) is 262 Å². The predicted molar refractivity (Wildman–Crippen MR) is 372 cm³/mol. The van der Waals surface area contributed by atoms with Crippen LogP contribution in [0.1, 0.15) is 99.9 Å². The third-order valence-corrected chi connectivity index (χ3v) is 21.0. The van der Waals surface area contributed by atoms with E-state index in [0.717, 1.165) is 66.8 Å². The molecule has 0 fully saturated rings. The van der Waals surface area contributed by atoms with Gasteiger partial charge in [0.25, 0.3) is 0 Å². The molecular weight excluding hydrogens is 1060 g/mol. The number of anilines is 6. The van der Waals surface area contributed by atoms with E-state index in [1.165, 1.54) is 100 Å². The van der Waals surface area contributed by atoms with Crippen molar-refractivity contribution in [3.05, 3.63) is 311 Å². The van der Waals surface area contributed by atoms with Crippen molar-refractivity contribution in [3.63, 3.8) is 0 Å². The highest BCUT2D eigenvalue weighted by molar-refractivity contribution is 6.24. The molecule has 4 aliphatic carbocycles. The Hall–Kier alpha value is -10.0. The average molecular weight is 1130 g/mol. The lowest BCUT2D eigenvalue weighted by Crippen LogP contribution is -2.19. The molecule has 0 atom stereocenters. The Balaban J connectivity index is 1.02. The maximum atomic E-state index is 2.64. The van der Waals surface area contributed by atoms with Crippen molar-refractivity contribution in [1.29, 1.82) is 0 Å². The normalized spacial score (nSPS) is 15.2. The maximum absolute atomic E-state index is 2.64. The van der Waals surface area contributed by atoms with Crippen LogP contribution in [0.3, 0.4) is 0 Å². The Bertz CT molecular complexity index is 4560. The van der Waals surface area contributed by atoms with Crippen LogP contribution in [0.25, 0.3) is 88.3 Å². The summed E-state index contributed by atoms with van der Waals surface area (Å²) >= 11 is 0. The fourth-order valence-electron chi connectivity index (χ4n) is 16.4. The van der Waals surface area contributed by atoms with E-state index < -0.39 is 0 Å². The third kappa shape index (κ3) is 7.42. The van der Waals surface area contributed by atoms with Crippen LogP contribution >= 0.6 is 0 Å². The van der Waals surface area contributed by atoms with Crippen molar-refractivity contribution in [2.45, 2.75) is 77.0 Å². The van der Waals surface area contributed by atoms with Crippen LogP contribution in [0.5, 0.6) is 0 Å². The molecule has 13 aromatic carbocycles. The lowest BCUT2D eigenvalue weighted by atomic mass is 9.81. The largest absolute Gasteiger partial charge is 0.309 e. The number of hydrogen-bond acceptors (Lipinski definition) is 2. The summed E-state index contributed by atoms with van der Waals surface area (Å²) in [5.74, 6) is 0. The zero-order valence-corrected chi connectivity index (χ0v) is 51.3. The van der Waals surface area contributed by atoms with Crippen LogP contribution in [0.4, 0.5) is 34.1 Å². The van der Waals surface area contributed by atoms with Crippen LogP contribution in [0.2, 0.25) is 0 Å². The first kappa shape index (κ1) is 52.3. The van der Waals surface area contributed by atoms with Crippen molar-refractivity contribution in [2.75, 3.05) is 9.80 Å².